The number of benzene rings is 1. The molecule has 5 nitrogen and oxygen atoms in total. The molecule has 0 bridgehead atoms. The molecule has 0 radical (unpaired) electrons. The van der Waals surface area contributed by atoms with Gasteiger partial charge in [-0.05, 0) is 24.6 Å². The summed E-state index contributed by atoms with van der Waals surface area (Å²) in [6.45, 7) is 2.34. The van der Waals surface area contributed by atoms with Crippen LogP contribution in [0.25, 0.3) is 0 Å². The summed E-state index contributed by atoms with van der Waals surface area (Å²) in [4.78, 5) is 10.5. The van der Waals surface area contributed by atoms with Crippen LogP contribution in [0.1, 0.15) is 24.9 Å². The van der Waals surface area contributed by atoms with E-state index in [4.69, 9.17) is 5.73 Å². The number of carbonyl (C=O) groups is 1. The molecule has 0 aromatic heterocycles. The van der Waals surface area contributed by atoms with Crippen molar-refractivity contribution in [2.45, 2.75) is 19.4 Å². The lowest BCUT2D eigenvalue weighted by molar-refractivity contribution is -0.117. The average Bonchev–Trinajstić information content (AvgIpc) is 2.15. The molecular formula is C11H16N2O3. The summed E-state index contributed by atoms with van der Waals surface area (Å²) in [6.07, 6.45) is 0.259. The second kappa shape index (κ2) is 5.37. The van der Waals surface area contributed by atoms with Gasteiger partial charge in [0, 0.05) is 25.1 Å². The molecule has 5 N–H and O–H groups in total. The molecule has 0 aliphatic carbocycles. The Labute approximate surface area is 93.9 Å². The van der Waals surface area contributed by atoms with Gasteiger partial charge < -0.3 is 21.3 Å². The van der Waals surface area contributed by atoms with Crippen molar-refractivity contribution in [1.29, 1.82) is 0 Å². The zero-order valence-corrected chi connectivity index (χ0v) is 9.10. The van der Waals surface area contributed by atoms with Crippen molar-refractivity contribution in [1.82, 2.24) is 5.32 Å². The summed E-state index contributed by atoms with van der Waals surface area (Å²) in [7, 11) is 0. The van der Waals surface area contributed by atoms with Gasteiger partial charge in [0.1, 0.15) is 11.5 Å². The third-order valence-corrected chi connectivity index (χ3v) is 2.25. The number of amides is 1. The Morgan fingerprint density at radius 3 is 2.44 bits per heavy atom. The lowest BCUT2D eigenvalue weighted by Gasteiger charge is -2.14. The van der Waals surface area contributed by atoms with Crippen LogP contribution in [0.2, 0.25) is 0 Å². The van der Waals surface area contributed by atoms with Gasteiger partial charge in [-0.15, -0.1) is 0 Å². The number of aromatic hydroxyl groups is 2. The van der Waals surface area contributed by atoms with Crippen molar-refractivity contribution in [3.8, 4) is 11.5 Å². The van der Waals surface area contributed by atoms with E-state index in [0.29, 0.717) is 6.54 Å². The zero-order chi connectivity index (χ0) is 12.1. The van der Waals surface area contributed by atoms with Crippen molar-refractivity contribution in [3.63, 3.8) is 0 Å². The third-order valence-electron chi connectivity index (χ3n) is 2.25. The van der Waals surface area contributed by atoms with E-state index in [-0.39, 0.29) is 29.9 Å². The Balaban J connectivity index is 2.58. The van der Waals surface area contributed by atoms with Gasteiger partial charge in [0.25, 0.3) is 0 Å². The van der Waals surface area contributed by atoms with Crippen LogP contribution in [-0.4, -0.2) is 22.7 Å². The van der Waals surface area contributed by atoms with Crippen LogP contribution in [0.15, 0.2) is 18.2 Å². The highest BCUT2D eigenvalue weighted by Crippen LogP contribution is 2.24. The number of phenolic OH excluding ortho intramolecular Hbond substituents is 2. The molecule has 88 valence electrons. The van der Waals surface area contributed by atoms with Crippen molar-refractivity contribution in [2.75, 3.05) is 6.54 Å². The Morgan fingerprint density at radius 1 is 1.38 bits per heavy atom. The zero-order valence-electron chi connectivity index (χ0n) is 9.10. The quantitative estimate of drug-likeness (QED) is 0.589. The first kappa shape index (κ1) is 12.3. The normalized spacial score (nSPS) is 12.3. The molecule has 0 saturated carbocycles. The predicted octanol–water partition coefficient (Wildman–Crippen LogP) is 0.624. The van der Waals surface area contributed by atoms with E-state index in [0.717, 1.165) is 5.56 Å². The number of nitrogens with two attached hydrogens (primary N) is 1. The fraction of sp³-hybridized carbons (Fsp3) is 0.364. The number of phenols is 2. The number of primary amides is 1. The fourth-order valence-corrected chi connectivity index (χ4v) is 1.40. The van der Waals surface area contributed by atoms with E-state index < -0.39 is 0 Å². The maximum Gasteiger partial charge on any atom is 0.218 e. The molecular weight excluding hydrogens is 208 g/mol. The molecule has 0 fully saturated rings. The van der Waals surface area contributed by atoms with Crippen molar-refractivity contribution >= 4 is 5.91 Å². The molecule has 1 unspecified atom stereocenters. The Kier molecular flexibility index (Phi) is 4.13. The number of rotatable bonds is 5. The molecule has 16 heavy (non-hydrogen) atoms. The maximum atomic E-state index is 10.5. The highest BCUT2D eigenvalue weighted by atomic mass is 16.3. The minimum Gasteiger partial charge on any atom is -0.508 e. The summed E-state index contributed by atoms with van der Waals surface area (Å²) in [5.74, 6) is -0.337. The summed E-state index contributed by atoms with van der Waals surface area (Å²) >= 11 is 0. The lowest BCUT2D eigenvalue weighted by atomic mass is 10.1. The van der Waals surface area contributed by atoms with E-state index >= 15 is 0 Å². The molecule has 0 heterocycles. The Morgan fingerprint density at radius 2 is 1.94 bits per heavy atom. The van der Waals surface area contributed by atoms with Crippen LogP contribution < -0.4 is 11.1 Å². The Bertz CT molecular complexity index is 359. The number of nitrogens with one attached hydrogen (secondary N) is 1. The predicted molar refractivity (Wildman–Crippen MR) is 60.0 cm³/mol. The molecule has 0 aliphatic heterocycles. The van der Waals surface area contributed by atoms with Crippen LogP contribution in [0.5, 0.6) is 11.5 Å². The van der Waals surface area contributed by atoms with E-state index in [9.17, 15) is 15.0 Å². The van der Waals surface area contributed by atoms with Gasteiger partial charge in [-0.2, -0.15) is 0 Å². The minimum absolute atomic E-state index is 0.0125. The minimum atomic E-state index is -0.363. The first-order valence-electron chi connectivity index (χ1n) is 5.03. The van der Waals surface area contributed by atoms with Crippen LogP contribution in [0.3, 0.4) is 0 Å². The van der Waals surface area contributed by atoms with Crippen LogP contribution in [-0.2, 0) is 4.79 Å². The molecule has 0 spiro atoms. The SMILES string of the molecule is CC(NCCC(N)=O)c1cc(O)cc(O)c1. The Hall–Kier alpha value is -1.75. The van der Waals surface area contributed by atoms with Crippen LogP contribution in [0, 0.1) is 0 Å². The standard InChI is InChI=1S/C11H16N2O3/c1-7(13-3-2-11(12)16)8-4-9(14)6-10(15)5-8/h4-7,13-15H,2-3H2,1H3,(H2,12,16). The fourth-order valence-electron chi connectivity index (χ4n) is 1.40. The molecule has 1 amide bonds. The second-order valence-corrected chi connectivity index (χ2v) is 3.67. The molecule has 1 rings (SSSR count). The van der Waals surface area contributed by atoms with E-state index in [1.165, 1.54) is 6.07 Å². The molecule has 1 atom stereocenters. The highest BCUT2D eigenvalue weighted by molar-refractivity contribution is 5.73. The third kappa shape index (κ3) is 3.78. The van der Waals surface area contributed by atoms with Crippen molar-refractivity contribution < 1.29 is 15.0 Å². The molecule has 1 aromatic carbocycles. The molecule has 0 aliphatic rings. The van der Waals surface area contributed by atoms with Gasteiger partial charge in [-0.3, -0.25) is 4.79 Å². The smallest absolute Gasteiger partial charge is 0.218 e. The molecule has 5 heteroatoms. The van der Waals surface area contributed by atoms with Gasteiger partial charge in [-0.1, -0.05) is 0 Å². The van der Waals surface area contributed by atoms with Gasteiger partial charge in [0.05, 0.1) is 0 Å². The highest BCUT2D eigenvalue weighted by Gasteiger charge is 2.07. The van der Waals surface area contributed by atoms with Crippen LogP contribution >= 0.6 is 0 Å². The van der Waals surface area contributed by atoms with E-state index in [2.05, 4.69) is 5.32 Å². The molecule has 1 aromatic rings. The van der Waals surface area contributed by atoms with E-state index in [1.54, 1.807) is 12.1 Å². The maximum absolute atomic E-state index is 10.5. The van der Waals surface area contributed by atoms with Crippen molar-refractivity contribution in [3.05, 3.63) is 23.8 Å². The van der Waals surface area contributed by atoms with Crippen LogP contribution in [0.4, 0.5) is 0 Å². The second-order valence-electron chi connectivity index (χ2n) is 3.67. The largest absolute Gasteiger partial charge is 0.508 e. The van der Waals surface area contributed by atoms with Gasteiger partial charge in [0.15, 0.2) is 0 Å². The van der Waals surface area contributed by atoms with Gasteiger partial charge in [0.2, 0.25) is 5.91 Å². The topological polar surface area (TPSA) is 95.6 Å². The summed E-state index contributed by atoms with van der Waals surface area (Å²) in [5.41, 5.74) is 5.76. The summed E-state index contributed by atoms with van der Waals surface area (Å²) in [5, 5.41) is 21.7. The summed E-state index contributed by atoms with van der Waals surface area (Å²) < 4.78 is 0. The average molecular weight is 224 g/mol. The van der Waals surface area contributed by atoms with E-state index in [1.807, 2.05) is 6.92 Å². The number of hydrogen-bond donors (Lipinski definition) is 4. The summed E-state index contributed by atoms with van der Waals surface area (Å²) in [6, 6.07) is 4.31. The first-order valence-corrected chi connectivity index (χ1v) is 5.03. The molecule has 0 saturated heterocycles. The number of carbonyl (C=O) groups excluding carboxylic acids is 1. The van der Waals surface area contributed by atoms with Gasteiger partial charge >= 0.3 is 0 Å². The van der Waals surface area contributed by atoms with Gasteiger partial charge in [-0.25, -0.2) is 0 Å². The van der Waals surface area contributed by atoms with Crippen molar-refractivity contribution in [2.24, 2.45) is 5.73 Å². The monoisotopic (exact) mass is 224 g/mol. The lowest BCUT2D eigenvalue weighted by Crippen LogP contribution is -2.24. The first-order chi connectivity index (χ1) is 7.49. The number of hydrogen-bond acceptors (Lipinski definition) is 4.